The van der Waals surface area contributed by atoms with E-state index in [1.54, 1.807) is 0 Å². The maximum atomic E-state index is 3.48. The average Bonchev–Trinajstić information content (AvgIpc) is 2.02. The first-order valence-electron chi connectivity index (χ1n) is 5.41. The van der Waals surface area contributed by atoms with Gasteiger partial charge in [0.05, 0.1) is 0 Å². The second-order valence-electron chi connectivity index (χ2n) is 4.55. The molecular weight excluding hydrogens is 160 g/mol. The number of rotatable bonds is 7. The van der Waals surface area contributed by atoms with Crippen LogP contribution in [0.4, 0.5) is 0 Å². The van der Waals surface area contributed by atoms with Crippen molar-refractivity contribution in [1.82, 2.24) is 10.2 Å². The van der Waals surface area contributed by atoms with E-state index in [-0.39, 0.29) is 0 Å². The van der Waals surface area contributed by atoms with E-state index < -0.39 is 0 Å². The molecule has 0 saturated heterocycles. The summed E-state index contributed by atoms with van der Waals surface area (Å²) in [7, 11) is 4.25. The highest BCUT2D eigenvalue weighted by molar-refractivity contribution is 4.62. The minimum Gasteiger partial charge on any atom is -0.315 e. The molecule has 0 aliphatic heterocycles. The fourth-order valence-electron chi connectivity index (χ4n) is 1.13. The van der Waals surface area contributed by atoms with Crippen LogP contribution in [-0.2, 0) is 0 Å². The van der Waals surface area contributed by atoms with E-state index in [1.165, 1.54) is 12.8 Å². The maximum absolute atomic E-state index is 3.48. The molecular formula is C11H26N2. The van der Waals surface area contributed by atoms with Gasteiger partial charge in [-0.3, -0.25) is 0 Å². The molecule has 0 aliphatic rings. The molecule has 1 atom stereocenters. The number of hydrogen-bond acceptors (Lipinski definition) is 2. The van der Waals surface area contributed by atoms with Crippen LogP contribution in [0.5, 0.6) is 0 Å². The van der Waals surface area contributed by atoms with E-state index in [0.717, 1.165) is 19.0 Å². The summed E-state index contributed by atoms with van der Waals surface area (Å²) in [4.78, 5) is 2.25. The molecule has 80 valence electrons. The Balaban J connectivity index is 3.16. The Morgan fingerprint density at radius 2 is 1.77 bits per heavy atom. The minimum atomic E-state index is 0.638. The van der Waals surface area contributed by atoms with E-state index in [9.17, 15) is 0 Å². The predicted molar refractivity (Wildman–Crippen MR) is 60.1 cm³/mol. The molecule has 1 unspecified atom stereocenters. The summed E-state index contributed by atoms with van der Waals surface area (Å²) in [5, 5.41) is 3.48. The van der Waals surface area contributed by atoms with Crippen LogP contribution in [0.2, 0.25) is 0 Å². The summed E-state index contributed by atoms with van der Waals surface area (Å²) < 4.78 is 0. The van der Waals surface area contributed by atoms with E-state index >= 15 is 0 Å². The third kappa shape index (κ3) is 8.26. The van der Waals surface area contributed by atoms with E-state index in [1.807, 2.05) is 0 Å². The number of likely N-dealkylation sites (N-methyl/N-ethyl adjacent to an activating group) is 1. The Morgan fingerprint density at radius 1 is 1.15 bits per heavy atom. The molecule has 13 heavy (non-hydrogen) atoms. The zero-order chi connectivity index (χ0) is 10.3. The van der Waals surface area contributed by atoms with Crippen LogP contribution < -0.4 is 5.32 Å². The quantitative estimate of drug-likeness (QED) is 0.612. The van der Waals surface area contributed by atoms with Gasteiger partial charge in [-0.2, -0.15) is 0 Å². The summed E-state index contributed by atoms with van der Waals surface area (Å²) in [6, 6.07) is 0.638. The highest BCUT2D eigenvalue weighted by atomic mass is 15.1. The SMILES string of the molecule is CC(C)CCCNCC(C)N(C)C. The molecule has 0 rings (SSSR count). The van der Waals surface area contributed by atoms with Crippen LogP contribution in [0, 0.1) is 5.92 Å². The van der Waals surface area contributed by atoms with Crippen LogP contribution in [0.15, 0.2) is 0 Å². The number of hydrogen-bond donors (Lipinski definition) is 1. The normalized spacial score (nSPS) is 14.1. The molecule has 0 aliphatic carbocycles. The highest BCUT2D eigenvalue weighted by Gasteiger charge is 2.02. The smallest absolute Gasteiger partial charge is 0.0186 e. The molecule has 0 aromatic heterocycles. The Labute approximate surface area is 83.7 Å². The Morgan fingerprint density at radius 3 is 2.23 bits per heavy atom. The Hall–Kier alpha value is -0.0800. The first-order chi connectivity index (χ1) is 6.04. The lowest BCUT2D eigenvalue weighted by Crippen LogP contribution is -2.35. The third-order valence-electron chi connectivity index (χ3n) is 2.46. The van der Waals surface area contributed by atoms with Gasteiger partial charge in [0.25, 0.3) is 0 Å². The van der Waals surface area contributed by atoms with Crippen molar-refractivity contribution in [3.63, 3.8) is 0 Å². The van der Waals surface area contributed by atoms with Crippen LogP contribution in [0.1, 0.15) is 33.6 Å². The largest absolute Gasteiger partial charge is 0.315 e. The fourth-order valence-corrected chi connectivity index (χ4v) is 1.13. The predicted octanol–water partition coefficient (Wildman–Crippen LogP) is 1.96. The lowest BCUT2D eigenvalue weighted by atomic mass is 10.1. The monoisotopic (exact) mass is 186 g/mol. The highest BCUT2D eigenvalue weighted by Crippen LogP contribution is 2.01. The van der Waals surface area contributed by atoms with Gasteiger partial charge in [-0.05, 0) is 46.3 Å². The van der Waals surface area contributed by atoms with Crippen molar-refractivity contribution in [2.45, 2.75) is 39.7 Å². The molecule has 1 N–H and O–H groups in total. The van der Waals surface area contributed by atoms with Crippen molar-refractivity contribution in [3.8, 4) is 0 Å². The molecule has 2 nitrogen and oxygen atoms in total. The number of nitrogens with one attached hydrogen (secondary N) is 1. The first kappa shape index (κ1) is 12.9. The minimum absolute atomic E-state index is 0.638. The molecule has 0 amide bonds. The second kappa shape index (κ2) is 7.34. The van der Waals surface area contributed by atoms with Crippen molar-refractivity contribution in [3.05, 3.63) is 0 Å². The zero-order valence-corrected chi connectivity index (χ0v) is 9.93. The summed E-state index contributed by atoms with van der Waals surface area (Å²) in [5.41, 5.74) is 0. The Bertz CT molecular complexity index is 111. The van der Waals surface area contributed by atoms with Crippen molar-refractivity contribution in [2.75, 3.05) is 27.2 Å². The maximum Gasteiger partial charge on any atom is 0.0186 e. The van der Waals surface area contributed by atoms with Crippen molar-refractivity contribution in [1.29, 1.82) is 0 Å². The first-order valence-corrected chi connectivity index (χ1v) is 5.41. The van der Waals surface area contributed by atoms with Crippen LogP contribution >= 0.6 is 0 Å². The van der Waals surface area contributed by atoms with Crippen molar-refractivity contribution >= 4 is 0 Å². The van der Waals surface area contributed by atoms with Gasteiger partial charge in [0.15, 0.2) is 0 Å². The second-order valence-corrected chi connectivity index (χ2v) is 4.55. The van der Waals surface area contributed by atoms with Crippen molar-refractivity contribution in [2.24, 2.45) is 5.92 Å². The van der Waals surface area contributed by atoms with Crippen molar-refractivity contribution < 1.29 is 0 Å². The average molecular weight is 186 g/mol. The van der Waals surface area contributed by atoms with Gasteiger partial charge in [0.1, 0.15) is 0 Å². The molecule has 0 heterocycles. The third-order valence-corrected chi connectivity index (χ3v) is 2.46. The molecule has 0 aromatic rings. The van der Waals surface area contributed by atoms with Gasteiger partial charge in [0.2, 0.25) is 0 Å². The van der Waals surface area contributed by atoms with Gasteiger partial charge >= 0.3 is 0 Å². The molecule has 0 fully saturated rings. The standard InChI is InChI=1S/C11H26N2/c1-10(2)7-6-8-12-9-11(3)13(4)5/h10-12H,6-9H2,1-5H3. The molecule has 0 radical (unpaired) electrons. The van der Waals surface area contributed by atoms with Gasteiger partial charge in [0, 0.05) is 12.6 Å². The van der Waals surface area contributed by atoms with Gasteiger partial charge in [-0.25, -0.2) is 0 Å². The van der Waals surface area contributed by atoms with E-state index in [2.05, 4.69) is 45.1 Å². The lowest BCUT2D eigenvalue weighted by molar-refractivity contribution is 0.302. The number of nitrogens with zero attached hydrogens (tertiary/aromatic N) is 1. The van der Waals surface area contributed by atoms with Crippen LogP contribution in [0.25, 0.3) is 0 Å². The summed E-state index contributed by atoms with van der Waals surface area (Å²) in [6.07, 6.45) is 2.64. The fraction of sp³-hybridized carbons (Fsp3) is 1.00. The van der Waals surface area contributed by atoms with E-state index in [0.29, 0.717) is 6.04 Å². The molecule has 0 bridgehead atoms. The molecule has 0 saturated carbocycles. The molecule has 0 spiro atoms. The zero-order valence-electron chi connectivity index (χ0n) is 9.93. The van der Waals surface area contributed by atoms with Gasteiger partial charge < -0.3 is 10.2 Å². The summed E-state index contributed by atoms with van der Waals surface area (Å²) in [5.74, 6) is 0.841. The summed E-state index contributed by atoms with van der Waals surface area (Å²) >= 11 is 0. The van der Waals surface area contributed by atoms with E-state index in [4.69, 9.17) is 0 Å². The van der Waals surface area contributed by atoms with Crippen LogP contribution in [0.3, 0.4) is 0 Å². The molecule has 0 aromatic carbocycles. The summed E-state index contributed by atoms with van der Waals surface area (Å²) in [6.45, 7) is 9.07. The molecule has 2 heteroatoms. The lowest BCUT2D eigenvalue weighted by Gasteiger charge is -2.20. The Kier molecular flexibility index (Phi) is 7.29. The van der Waals surface area contributed by atoms with Crippen LogP contribution in [-0.4, -0.2) is 38.1 Å². The topological polar surface area (TPSA) is 15.3 Å². The van der Waals surface area contributed by atoms with Gasteiger partial charge in [-0.1, -0.05) is 13.8 Å². The van der Waals surface area contributed by atoms with Gasteiger partial charge in [-0.15, -0.1) is 0 Å².